The first-order valence-corrected chi connectivity index (χ1v) is 7.17. The summed E-state index contributed by atoms with van der Waals surface area (Å²) in [6.45, 7) is 0. The Labute approximate surface area is 119 Å². The van der Waals surface area contributed by atoms with E-state index in [2.05, 4.69) is 0 Å². The number of nitrogen functional groups attached to an aromatic ring is 1. The lowest BCUT2D eigenvalue weighted by atomic mass is 10.3. The Morgan fingerprint density at radius 3 is 2.24 bits per heavy atom. The summed E-state index contributed by atoms with van der Waals surface area (Å²) in [5.74, 6) is -3.16. The Morgan fingerprint density at radius 1 is 1.00 bits per heavy atom. The molecule has 8 heteroatoms. The monoisotopic (exact) mass is 316 g/mol. The summed E-state index contributed by atoms with van der Waals surface area (Å²) in [4.78, 5) is -0.827. The second kappa shape index (κ2) is 5.28. The third-order valence-corrected chi connectivity index (χ3v) is 4.67. The van der Waals surface area contributed by atoms with Crippen molar-refractivity contribution < 1.29 is 21.6 Å². The van der Waals surface area contributed by atoms with Crippen LogP contribution in [0, 0.1) is 17.5 Å². The Kier molecular flexibility index (Phi) is 3.82. The number of sulfonamides is 1. The fourth-order valence-corrected chi connectivity index (χ4v) is 3.01. The van der Waals surface area contributed by atoms with Crippen LogP contribution in [0.1, 0.15) is 0 Å². The number of hydrogen-bond donors (Lipinski definition) is 1. The molecule has 112 valence electrons. The minimum Gasteiger partial charge on any atom is -0.396 e. The molecule has 2 aromatic carbocycles. The third-order valence-electron chi connectivity index (χ3n) is 2.88. The molecule has 0 fully saturated rings. The molecular formula is C13H11F3N2O2S. The lowest BCUT2D eigenvalue weighted by Crippen LogP contribution is -2.28. The van der Waals surface area contributed by atoms with Gasteiger partial charge in [-0.1, -0.05) is 12.1 Å². The van der Waals surface area contributed by atoms with Crippen LogP contribution in [0.5, 0.6) is 0 Å². The average molecular weight is 316 g/mol. The Morgan fingerprint density at radius 2 is 1.62 bits per heavy atom. The zero-order valence-electron chi connectivity index (χ0n) is 10.8. The van der Waals surface area contributed by atoms with E-state index < -0.39 is 38.1 Å². The van der Waals surface area contributed by atoms with E-state index in [0.29, 0.717) is 16.4 Å². The molecule has 2 aromatic rings. The lowest BCUT2D eigenvalue weighted by Gasteiger charge is -2.20. The van der Waals surface area contributed by atoms with Gasteiger partial charge in [-0.3, -0.25) is 4.31 Å². The molecule has 0 saturated carbocycles. The molecule has 0 saturated heterocycles. The molecular weight excluding hydrogens is 305 g/mol. The molecule has 0 aliphatic rings. The van der Waals surface area contributed by atoms with Gasteiger partial charge in [0.25, 0.3) is 10.0 Å². The molecule has 0 amide bonds. The van der Waals surface area contributed by atoms with E-state index in [1.165, 1.54) is 18.2 Å². The van der Waals surface area contributed by atoms with Crippen LogP contribution in [-0.2, 0) is 10.0 Å². The predicted molar refractivity (Wildman–Crippen MR) is 72.8 cm³/mol. The van der Waals surface area contributed by atoms with Gasteiger partial charge in [-0.2, -0.15) is 0 Å². The number of rotatable bonds is 3. The zero-order valence-corrected chi connectivity index (χ0v) is 11.7. The summed E-state index contributed by atoms with van der Waals surface area (Å²) in [6, 6.07) is 6.14. The summed E-state index contributed by atoms with van der Waals surface area (Å²) >= 11 is 0. The Balaban J connectivity index is 2.58. The van der Waals surface area contributed by atoms with E-state index in [-0.39, 0.29) is 5.69 Å². The molecule has 2 rings (SSSR count). The molecule has 0 spiro atoms. The first kappa shape index (κ1) is 15.2. The van der Waals surface area contributed by atoms with Crippen molar-refractivity contribution in [1.29, 1.82) is 0 Å². The van der Waals surface area contributed by atoms with Crippen LogP contribution in [0.2, 0.25) is 0 Å². The van der Waals surface area contributed by atoms with Crippen LogP contribution in [0.25, 0.3) is 0 Å². The van der Waals surface area contributed by atoms with Crippen LogP contribution in [0.15, 0.2) is 41.3 Å². The highest BCUT2D eigenvalue weighted by Crippen LogP contribution is 2.28. The molecule has 0 atom stereocenters. The fourth-order valence-electron chi connectivity index (χ4n) is 1.73. The summed E-state index contributed by atoms with van der Waals surface area (Å²) in [5.41, 5.74) is 4.48. The van der Waals surface area contributed by atoms with Crippen molar-refractivity contribution in [1.82, 2.24) is 0 Å². The van der Waals surface area contributed by atoms with Gasteiger partial charge >= 0.3 is 0 Å². The predicted octanol–water partition coefficient (Wildman–Crippen LogP) is 2.51. The average Bonchev–Trinajstić information content (AvgIpc) is 2.42. The number of nitrogens with two attached hydrogens (primary N) is 1. The number of anilines is 2. The van der Waals surface area contributed by atoms with Gasteiger partial charge in [0.15, 0.2) is 0 Å². The van der Waals surface area contributed by atoms with Crippen LogP contribution in [-0.4, -0.2) is 15.5 Å². The molecule has 0 bridgehead atoms. The zero-order chi connectivity index (χ0) is 15.8. The number of para-hydroxylation sites is 1. The van der Waals surface area contributed by atoms with E-state index in [1.54, 1.807) is 0 Å². The lowest BCUT2D eigenvalue weighted by molar-refractivity contribution is 0.549. The SMILES string of the molecule is CN(c1ccccc1F)S(=O)(=O)c1cc(N)c(F)cc1F. The van der Waals surface area contributed by atoms with E-state index >= 15 is 0 Å². The van der Waals surface area contributed by atoms with Crippen LogP contribution in [0.3, 0.4) is 0 Å². The number of nitrogens with zero attached hydrogens (tertiary/aromatic N) is 1. The highest BCUT2D eigenvalue weighted by atomic mass is 32.2. The number of halogens is 3. The maximum absolute atomic E-state index is 13.7. The molecule has 21 heavy (non-hydrogen) atoms. The van der Waals surface area contributed by atoms with Crippen molar-refractivity contribution in [3.8, 4) is 0 Å². The van der Waals surface area contributed by atoms with Gasteiger partial charge in [0, 0.05) is 13.1 Å². The van der Waals surface area contributed by atoms with Crippen LogP contribution >= 0.6 is 0 Å². The van der Waals surface area contributed by atoms with E-state index in [1.807, 2.05) is 0 Å². The highest BCUT2D eigenvalue weighted by molar-refractivity contribution is 7.92. The van der Waals surface area contributed by atoms with Crippen molar-refractivity contribution in [2.75, 3.05) is 17.1 Å². The van der Waals surface area contributed by atoms with Crippen molar-refractivity contribution >= 4 is 21.4 Å². The maximum atomic E-state index is 13.7. The molecule has 0 aromatic heterocycles. The smallest absolute Gasteiger partial charge is 0.267 e. The quantitative estimate of drug-likeness (QED) is 0.885. The van der Waals surface area contributed by atoms with E-state index in [0.717, 1.165) is 13.1 Å². The summed E-state index contributed by atoms with van der Waals surface area (Å²) in [6.07, 6.45) is 0. The molecule has 0 heterocycles. The second-order valence-corrected chi connectivity index (χ2v) is 6.17. The highest BCUT2D eigenvalue weighted by Gasteiger charge is 2.27. The molecule has 4 nitrogen and oxygen atoms in total. The standard InChI is InChI=1S/C13H11F3N2O2S/c1-18(12-5-3-2-4-8(12)14)21(19,20)13-7-11(17)9(15)6-10(13)16/h2-7H,17H2,1H3. The van der Waals surface area contributed by atoms with E-state index in [4.69, 9.17) is 5.73 Å². The van der Waals surface area contributed by atoms with Gasteiger partial charge in [-0.25, -0.2) is 21.6 Å². The van der Waals surface area contributed by atoms with Crippen molar-refractivity contribution in [2.45, 2.75) is 4.90 Å². The second-order valence-electron chi connectivity index (χ2n) is 4.23. The Hall–Kier alpha value is -2.22. The summed E-state index contributed by atoms with van der Waals surface area (Å²) in [5, 5.41) is 0. The van der Waals surface area contributed by atoms with Crippen molar-refractivity contribution in [3.05, 3.63) is 53.8 Å². The van der Waals surface area contributed by atoms with Crippen LogP contribution in [0.4, 0.5) is 24.5 Å². The normalized spacial score (nSPS) is 11.4. The molecule has 0 aliphatic carbocycles. The molecule has 0 radical (unpaired) electrons. The maximum Gasteiger partial charge on any atom is 0.267 e. The molecule has 0 aliphatic heterocycles. The molecule has 2 N–H and O–H groups in total. The van der Waals surface area contributed by atoms with Gasteiger partial charge in [-0.05, 0) is 18.2 Å². The third kappa shape index (κ3) is 2.66. The summed E-state index contributed by atoms with van der Waals surface area (Å²) in [7, 11) is -3.35. The van der Waals surface area contributed by atoms with Gasteiger partial charge in [0.1, 0.15) is 22.3 Å². The van der Waals surface area contributed by atoms with Gasteiger partial charge < -0.3 is 5.73 Å². The van der Waals surface area contributed by atoms with E-state index in [9.17, 15) is 21.6 Å². The fraction of sp³-hybridized carbons (Fsp3) is 0.0769. The van der Waals surface area contributed by atoms with Gasteiger partial charge in [0.2, 0.25) is 0 Å². The van der Waals surface area contributed by atoms with Crippen molar-refractivity contribution in [2.24, 2.45) is 0 Å². The number of hydrogen-bond acceptors (Lipinski definition) is 3. The minimum absolute atomic E-state index is 0.264. The largest absolute Gasteiger partial charge is 0.396 e. The van der Waals surface area contributed by atoms with Gasteiger partial charge in [0.05, 0.1) is 11.4 Å². The number of benzene rings is 2. The summed E-state index contributed by atoms with van der Waals surface area (Å²) < 4.78 is 65.6. The first-order valence-electron chi connectivity index (χ1n) is 5.73. The van der Waals surface area contributed by atoms with Crippen molar-refractivity contribution in [3.63, 3.8) is 0 Å². The minimum atomic E-state index is -4.41. The van der Waals surface area contributed by atoms with Crippen LogP contribution < -0.4 is 10.0 Å². The topological polar surface area (TPSA) is 63.4 Å². The molecule has 0 unspecified atom stereocenters. The Bertz CT molecular complexity index is 794. The van der Waals surface area contributed by atoms with Gasteiger partial charge in [-0.15, -0.1) is 0 Å². The first-order chi connectivity index (χ1) is 9.75.